The summed E-state index contributed by atoms with van der Waals surface area (Å²) in [5.41, 5.74) is 0.942. The zero-order valence-corrected chi connectivity index (χ0v) is 11.0. The molecule has 0 saturated heterocycles. The Morgan fingerprint density at radius 2 is 1.78 bits per heavy atom. The zero-order chi connectivity index (χ0) is 13.7. The lowest BCUT2D eigenvalue weighted by Gasteiger charge is -2.23. The zero-order valence-electron chi connectivity index (χ0n) is 11.0. The third-order valence-electron chi connectivity index (χ3n) is 3.02. The predicted octanol–water partition coefficient (Wildman–Crippen LogP) is 1.97. The van der Waals surface area contributed by atoms with Crippen LogP contribution in [0, 0.1) is 5.92 Å². The lowest BCUT2D eigenvalue weighted by Crippen LogP contribution is -2.36. The molecular formula is C14H19NO3. The maximum Gasteiger partial charge on any atom is 0.308 e. The van der Waals surface area contributed by atoms with Gasteiger partial charge in [-0.3, -0.25) is 9.59 Å². The van der Waals surface area contributed by atoms with E-state index in [0.29, 0.717) is 0 Å². The van der Waals surface area contributed by atoms with Crippen LogP contribution in [0.2, 0.25) is 0 Å². The Hall–Kier alpha value is -1.84. The molecule has 0 aliphatic rings. The number of likely N-dealkylation sites (N-methyl/N-ethyl adjacent to an activating group) is 1. The maximum atomic E-state index is 12.1. The van der Waals surface area contributed by atoms with E-state index in [0.717, 1.165) is 5.56 Å². The van der Waals surface area contributed by atoms with E-state index in [2.05, 4.69) is 0 Å². The number of carboxylic acids is 1. The molecule has 1 aromatic rings. The second-order valence-corrected chi connectivity index (χ2v) is 4.59. The van der Waals surface area contributed by atoms with Crippen LogP contribution in [0.15, 0.2) is 30.3 Å². The Labute approximate surface area is 107 Å². The van der Waals surface area contributed by atoms with Gasteiger partial charge in [0.15, 0.2) is 0 Å². The Morgan fingerprint density at radius 1 is 1.22 bits per heavy atom. The van der Waals surface area contributed by atoms with Gasteiger partial charge in [0.2, 0.25) is 5.91 Å². The summed E-state index contributed by atoms with van der Waals surface area (Å²) >= 11 is 0. The molecule has 0 aliphatic carbocycles. The number of aliphatic carboxylic acids is 1. The van der Waals surface area contributed by atoms with Crippen molar-refractivity contribution >= 4 is 11.9 Å². The summed E-state index contributed by atoms with van der Waals surface area (Å²) < 4.78 is 0. The highest BCUT2D eigenvalue weighted by Crippen LogP contribution is 2.17. The third-order valence-corrected chi connectivity index (χ3v) is 3.02. The molecule has 0 aromatic heterocycles. The van der Waals surface area contributed by atoms with Crippen molar-refractivity contribution in [2.24, 2.45) is 5.92 Å². The van der Waals surface area contributed by atoms with Crippen LogP contribution >= 0.6 is 0 Å². The van der Waals surface area contributed by atoms with Gasteiger partial charge in [-0.1, -0.05) is 37.3 Å². The number of hydrogen-bond donors (Lipinski definition) is 1. The molecule has 98 valence electrons. The van der Waals surface area contributed by atoms with Gasteiger partial charge in [0.05, 0.1) is 11.8 Å². The molecular weight excluding hydrogens is 230 g/mol. The van der Waals surface area contributed by atoms with Gasteiger partial charge in [0.25, 0.3) is 0 Å². The number of rotatable bonds is 5. The molecule has 0 radical (unpaired) electrons. The van der Waals surface area contributed by atoms with E-state index < -0.39 is 11.9 Å². The molecule has 0 saturated carbocycles. The maximum absolute atomic E-state index is 12.1. The van der Waals surface area contributed by atoms with Crippen molar-refractivity contribution in [3.05, 3.63) is 35.9 Å². The number of carbonyl (C=O) groups excluding carboxylic acids is 1. The van der Waals surface area contributed by atoms with Crippen molar-refractivity contribution in [2.75, 3.05) is 13.6 Å². The number of nitrogens with zero attached hydrogens (tertiary/aromatic N) is 1. The normalized spacial score (nSPS) is 13.7. The number of hydrogen-bond acceptors (Lipinski definition) is 2. The lowest BCUT2D eigenvalue weighted by atomic mass is 9.99. The van der Waals surface area contributed by atoms with Gasteiger partial charge in [-0.2, -0.15) is 0 Å². The van der Waals surface area contributed by atoms with Crippen LogP contribution in [0.1, 0.15) is 25.3 Å². The Balaban J connectivity index is 2.67. The summed E-state index contributed by atoms with van der Waals surface area (Å²) in [6, 6.07) is 9.48. The van der Waals surface area contributed by atoms with Crippen molar-refractivity contribution in [3.8, 4) is 0 Å². The summed E-state index contributed by atoms with van der Waals surface area (Å²) in [7, 11) is 1.64. The molecule has 1 rings (SSSR count). The summed E-state index contributed by atoms with van der Waals surface area (Å²) in [6.45, 7) is 3.66. The average molecular weight is 249 g/mol. The number of benzene rings is 1. The highest BCUT2D eigenvalue weighted by molar-refractivity contribution is 5.83. The van der Waals surface area contributed by atoms with Gasteiger partial charge in [-0.25, -0.2) is 0 Å². The van der Waals surface area contributed by atoms with E-state index in [-0.39, 0.29) is 18.4 Å². The first-order valence-electron chi connectivity index (χ1n) is 5.96. The molecule has 0 bridgehead atoms. The second-order valence-electron chi connectivity index (χ2n) is 4.59. The van der Waals surface area contributed by atoms with E-state index in [1.807, 2.05) is 37.3 Å². The highest BCUT2D eigenvalue weighted by Gasteiger charge is 2.22. The van der Waals surface area contributed by atoms with Crippen molar-refractivity contribution in [3.63, 3.8) is 0 Å². The summed E-state index contributed by atoms with van der Waals surface area (Å²) in [6.07, 6.45) is 0. The fraction of sp³-hybridized carbons (Fsp3) is 0.429. The van der Waals surface area contributed by atoms with Gasteiger partial charge < -0.3 is 10.0 Å². The van der Waals surface area contributed by atoms with Crippen molar-refractivity contribution in [2.45, 2.75) is 19.8 Å². The van der Waals surface area contributed by atoms with Crippen LogP contribution < -0.4 is 0 Å². The summed E-state index contributed by atoms with van der Waals surface area (Å²) in [5, 5.41) is 8.83. The molecule has 0 aliphatic heterocycles. The molecule has 1 N–H and O–H groups in total. The SMILES string of the molecule is CC(CN(C)C(=O)[C@@H](C)c1ccccc1)C(=O)O. The molecule has 0 heterocycles. The third kappa shape index (κ3) is 3.58. The Morgan fingerprint density at radius 3 is 2.28 bits per heavy atom. The van der Waals surface area contributed by atoms with Gasteiger partial charge in [0.1, 0.15) is 0 Å². The minimum atomic E-state index is -0.887. The lowest BCUT2D eigenvalue weighted by molar-refractivity contribution is -0.142. The monoisotopic (exact) mass is 249 g/mol. The number of carboxylic acid groups (broad SMARTS) is 1. The first-order chi connectivity index (χ1) is 8.43. The minimum absolute atomic E-state index is 0.0608. The summed E-state index contributed by atoms with van der Waals surface area (Å²) in [5.74, 6) is -1.75. The highest BCUT2D eigenvalue weighted by atomic mass is 16.4. The molecule has 1 amide bonds. The average Bonchev–Trinajstić information content (AvgIpc) is 2.37. The van der Waals surface area contributed by atoms with Crippen molar-refractivity contribution in [1.29, 1.82) is 0 Å². The molecule has 18 heavy (non-hydrogen) atoms. The molecule has 1 unspecified atom stereocenters. The molecule has 4 nitrogen and oxygen atoms in total. The molecule has 1 aromatic carbocycles. The second kappa shape index (κ2) is 6.19. The van der Waals surface area contributed by atoms with Gasteiger partial charge in [0, 0.05) is 13.6 Å². The van der Waals surface area contributed by atoms with E-state index in [1.165, 1.54) is 4.90 Å². The van der Waals surface area contributed by atoms with E-state index in [4.69, 9.17) is 5.11 Å². The Kier molecular flexibility index (Phi) is 4.89. The molecule has 0 spiro atoms. The molecule has 0 fully saturated rings. The first kappa shape index (κ1) is 14.2. The van der Waals surface area contributed by atoms with Gasteiger partial charge >= 0.3 is 5.97 Å². The van der Waals surface area contributed by atoms with Gasteiger partial charge in [-0.15, -0.1) is 0 Å². The molecule has 4 heteroatoms. The van der Waals surface area contributed by atoms with Crippen molar-refractivity contribution < 1.29 is 14.7 Å². The topological polar surface area (TPSA) is 57.6 Å². The largest absolute Gasteiger partial charge is 0.481 e. The molecule has 2 atom stereocenters. The quantitative estimate of drug-likeness (QED) is 0.868. The standard InChI is InChI=1S/C14H19NO3/c1-10(14(17)18)9-15(3)13(16)11(2)12-7-5-4-6-8-12/h4-8,10-11H,9H2,1-3H3,(H,17,18)/t10?,11-/m0/s1. The Bertz CT molecular complexity index is 416. The van der Waals surface area contributed by atoms with Crippen LogP contribution in [0.25, 0.3) is 0 Å². The summed E-state index contributed by atoms with van der Waals surface area (Å²) in [4.78, 5) is 24.4. The number of amides is 1. The smallest absolute Gasteiger partial charge is 0.308 e. The van der Waals surface area contributed by atoms with Crippen LogP contribution in [-0.4, -0.2) is 35.5 Å². The van der Waals surface area contributed by atoms with E-state index >= 15 is 0 Å². The van der Waals surface area contributed by atoms with Gasteiger partial charge in [-0.05, 0) is 12.5 Å². The minimum Gasteiger partial charge on any atom is -0.481 e. The van der Waals surface area contributed by atoms with Crippen LogP contribution in [0.3, 0.4) is 0 Å². The van der Waals surface area contributed by atoms with E-state index in [1.54, 1.807) is 14.0 Å². The van der Waals surface area contributed by atoms with Crippen molar-refractivity contribution in [1.82, 2.24) is 4.90 Å². The number of carbonyl (C=O) groups is 2. The van der Waals surface area contributed by atoms with Crippen LogP contribution in [0.5, 0.6) is 0 Å². The fourth-order valence-electron chi connectivity index (χ4n) is 1.79. The van der Waals surface area contributed by atoms with Crippen LogP contribution in [-0.2, 0) is 9.59 Å². The first-order valence-corrected chi connectivity index (χ1v) is 5.96. The predicted molar refractivity (Wildman–Crippen MR) is 69.3 cm³/mol. The fourth-order valence-corrected chi connectivity index (χ4v) is 1.79. The van der Waals surface area contributed by atoms with Crippen LogP contribution in [0.4, 0.5) is 0 Å². The van der Waals surface area contributed by atoms with E-state index in [9.17, 15) is 9.59 Å².